The fourth-order valence-electron chi connectivity index (χ4n) is 5.00. The number of esters is 1. The molecule has 1 aromatic heterocycles. The van der Waals surface area contributed by atoms with Crippen molar-refractivity contribution >= 4 is 23.1 Å². The summed E-state index contributed by atoms with van der Waals surface area (Å²) in [5, 5.41) is 5.31. The SMILES string of the molecule is COc1ccc(COC(=O)C2=C(C)NC3=C(C(=O)C[C@H](c4cccs4)C3)[C@H]2c2ccccc2F)cc1. The van der Waals surface area contributed by atoms with Crippen molar-refractivity contribution in [1.82, 2.24) is 5.32 Å². The van der Waals surface area contributed by atoms with E-state index < -0.39 is 17.7 Å². The van der Waals surface area contributed by atoms with Gasteiger partial charge in [-0.3, -0.25) is 4.79 Å². The number of Topliss-reactive ketones (excluding diaryl/α,β-unsaturated/α-hetero) is 1. The number of carbonyl (C=O) groups is 2. The number of dihydropyridines is 1. The highest BCUT2D eigenvalue weighted by atomic mass is 32.1. The summed E-state index contributed by atoms with van der Waals surface area (Å²) in [6, 6.07) is 17.5. The highest BCUT2D eigenvalue weighted by Gasteiger charge is 2.42. The van der Waals surface area contributed by atoms with Crippen LogP contribution in [0.5, 0.6) is 5.75 Å². The first-order valence-corrected chi connectivity index (χ1v) is 12.7. The molecule has 5 nitrogen and oxygen atoms in total. The predicted octanol–water partition coefficient (Wildman–Crippen LogP) is 6.00. The summed E-state index contributed by atoms with van der Waals surface area (Å²) in [4.78, 5) is 28.1. The normalized spacial score (nSPS) is 19.6. The van der Waals surface area contributed by atoms with Crippen molar-refractivity contribution in [1.29, 1.82) is 0 Å². The minimum atomic E-state index is -0.831. The third kappa shape index (κ3) is 4.58. The van der Waals surface area contributed by atoms with Gasteiger partial charge in [0.15, 0.2) is 5.78 Å². The number of halogens is 1. The number of allylic oxidation sites excluding steroid dienone is 3. The molecule has 5 rings (SSSR count). The summed E-state index contributed by atoms with van der Waals surface area (Å²) in [7, 11) is 1.58. The first-order valence-electron chi connectivity index (χ1n) is 11.8. The van der Waals surface area contributed by atoms with Gasteiger partial charge in [-0.15, -0.1) is 11.3 Å². The molecule has 0 radical (unpaired) electrons. The average molecular weight is 504 g/mol. The molecule has 36 heavy (non-hydrogen) atoms. The lowest BCUT2D eigenvalue weighted by Crippen LogP contribution is -2.36. The zero-order chi connectivity index (χ0) is 25.2. The van der Waals surface area contributed by atoms with Gasteiger partial charge in [-0.2, -0.15) is 0 Å². The summed E-state index contributed by atoms with van der Waals surface area (Å²) in [6.45, 7) is 1.82. The molecule has 1 N–H and O–H groups in total. The van der Waals surface area contributed by atoms with Crippen LogP contribution in [0.1, 0.15) is 47.6 Å². The smallest absolute Gasteiger partial charge is 0.337 e. The predicted molar refractivity (Wildman–Crippen MR) is 136 cm³/mol. The number of ether oxygens (including phenoxy) is 2. The Hall–Kier alpha value is -3.71. The van der Waals surface area contributed by atoms with Crippen LogP contribution in [0, 0.1) is 5.82 Å². The molecule has 0 unspecified atom stereocenters. The average Bonchev–Trinajstić information content (AvgIpc) is 3.42. The molecule has 2 aromatic carbocycles. The van der Waals surface area contributed by atoms with Crippen LogP contribution in [0.2, 0.25) is 0 Å². The van der Waals surface area contributed by atoms with Gasteiger partial charge in [-0.25, -0.2) is 9.18 Å². The third-order valence-corrected chi connectivity index (χ3v) is 7.77. The second-order valence-corrected chi connectivity index (χ2v) is 9.96. The molecule has 0 bridgehead atoms. The van der Waals surface area contributed by atoms with E-state index >= 15 is 4.39 Å². The Kier molecular flexibility index (Phi) is 6.74. The lowest BCUT2D eigenvalue weighted by molar-refractivity contribution is -0.140. The van der Waals surface area contributed by atoms with Crippen LogP contribution >= 0.6 is 11.3 Å². The molecular weight excluding hydrogens is 477 g/mol. The van der Waals surface area contributed by atoms with E-state index in [2.05, 4.69) is 5.32 Å². The van der Waals surface area contributed by atoms with Crippen molar-refractivity contribution < 1.29 is 23.5 Å². The molecule has 3 aromatic rings. The van der Waals surface area contributed by atoms with Crippen LogP contribution in [0.15, 0.2) is 88.6 Å². The fraction of sp³-hybridized carbons (Fsp3) is 0.241. The van der Waals surface area contributed by atoms with Crippen molar-refractivity contribution in [2.24, 2.45) is 0 Å². The minimum absolute atomic E-state index is 0.0455. The molecule has 1 aliphatic heterocycles. The van der Waals surface area contributed by atoms with E-state index in [1.807, 2.05) is 29.6 Å². The minimum Gasteiger partial charge on any atom is -0.497 e. The Morgan fingerprint density at radius 3 is 2.56 bits per heavy atom. The van der Waals surface area contributed by atoms with Gasteiger partial charge in [0.25, 0.3) is 0 Å². The van der Waals surface area contributed by atoms with Crippen LogP contribution < -0.4 is 10.1 Å². The van der Waals surface area contributed by atoms with Gasteiger partial charge in [0.1, 0.15) is 18.2 Å². The van der Waals surface area contributed by atoms with E-state index in [9.17, 15) is 9.59 Å². The Balaban J connectivity index is 1.49. The van der Waals surface area contributed by atoms with Gasteiger partial charge in [0, 0.05) is 39.7 Å². The highest BCUT2D eigenvalue weighted by molar-refractivity contribution is 7.10. The van der Waals surface area contributed by atoms with E-state index in [4.69, 9.17) is 9.47 Å². The number of methoxy groups -OCH3 is 1. The zero-order valence-electron chi connectivity index (χ0n) is 20.0. The maximum Gasteiger partial charge on any atom is 0.337 e. The van der Waals surface area contributed by atoms with E-state index in [-0.39, 0.29) is 23.9 Å². The monoisotopic (exact) mass is 503 g/mol. The number of hydrogen-bond donors (Lipinski definition) is 1. The molecule has 0 spiro atoms. The van der Waals surface area contributed by atoms with E-state index in [1.165, 1.54) is 6.07 Å². The van der Waals surface area contributed by atoms with Crippen molar-refractivity contribution in [3.63, 3.8) is 0 Å². The third-order valence-electron chi connectivity index (χ3n) is 6.74. The van der Waals surface area contributed by atoms with Gasteiger partial charge in [-0.1, -0.05) is 36.4 Å². The summed E-state index contributed by atoms with van der Waals surface area (Å²) < 4.78 is 25.9. The van der Waals surface area contributed by atoms with E-state index in [0.717, 1.165) is 16.1 Å². The molecule has 2 atom stereocenters. The lowest BCUT2D eigenvalue weighted by Gasteiger charge is -2.36. The summed E-state index contributed by atoms with van der Waals surface area (Å²) in [5.41, 5.74) is 3.12. The standard InChI is InChI=1S/C29H26FNO4S/c1-17-26(29(33)35-16-18-9-11-20(34-2)12-10-18)27(21-6-3-4-7-22(21)30)28-23(31-17)14-19(15-24(28)32)25-8-5-13-36-25/h3-13,19,27,31H,14-16H2,1-2H3/t19-,27+/m1/s1. The molecule has 0 saturated carbocycles. The summed E-state index contributed by atoms with van der Waals surface area (Å²) >= 11 is 1.63. The van der Waals surface area contributed by atoms with E-state index in [1.54, 1.807) is 55.7 Å². The molecule has 0 amide bonds. The molecule has 184 valence electrons. The van der Waals surface area contributed by atoms with Gasteiger partial charge < -0.3 is 14.8 Å². The molecule has 1 aliphatic carbocycles. The molecule has 7 heteroatoms. The molecule has 2 aliphatic rings. The molecular formula is C29H26FNO4S. The Labute approximate surface area is 213 Å². The fourth-order valence-corrected chi connectivity index (χ4v) is 5.83. The summed E-state index contributed by atoms with van der Waals surface area (Å²) in [5.74, 6) is -1.19. The molecule has 0 saturated heterocycles. The van der Waals surface area contributed by atoms with Crippen LogP contribution in [-0.4, -0.2) is 18.9 Å². The van der Waals surface area contributed by atoms with Gasteiger partial charge in [0.05, 0.1) is 18.6 Å². The topological polar surface area (TPSA) is 64.6 Å². The number of hydrogen-bond acceptors (Lipinski definition) is 6. The second-order valence-electron chi connectivity index (χ2n) is 8.98. The van der Waals surface area contributed by atoms with Crippen molar-refractivity contribution in [3.8, 4) is 5.75 Å². The first-order chi connectivity index (χ1) is 17.5. The Morgan fingerprint density at radius 2 is 1.86 bits per heavy atom. The highest BCUT2D eigenvalue weighted by Crippen LogP contribution is 2.46. The van der Waals surface area contributed by atoms with Crippen molar-refractivity contribution in [3.05, 3.63) is 110 Å². The van der Waals surface area contributed by atoms with Crippen LogP contribution in [-0.2, 0) is 20.9 Å². The van der Waals surface area contributed by atoms with Gasteiger partial charge in [0.2, 0.25) is 0 Å². The van der Waals surface area contributed by atoms with Crippen LogP contribution in [0.3, 0.4) is 0 Å². The number of benzene rings is 2. The van der Waals surface area contributed by atoms with Gasteiger partial charge in [-0.05, 0) is 48.6 Å². The Morgan fingerprint density at radius 1 is 1.08 bits per heavy atom. The summed E-state index contributed by atoms with van der Waals surface area (Å²) in [6.07, 6.45) is 0.942. The largest absolute Gasteiger partial charge is 0.497 e. The first kappa shape index (κ1) is 24.0. The van der Waals surface area contributed by atoms with Crippen molar-refractivity contribution in [2.45, 2.75) is 38.2 Å². The quantitative estimate of drug-likeness (QED) is 0.418. The number of nitrogens with one attached hydrogen (secondary N) is 1. The molecule has 2 heterocycles. The second kappa shape index (κ2) is 10.1. The maximum atomic E-state index is 15.1. The molecule has 0 fully saturated rings. The number of carbonyl (C=O) groups excluding carboxylic acids is 2. The Bertz CT molecular complexity index is 1360. The van der Waals surface area contributed by atoms with Crippen molar-refractivity contribution in [2.75, 3.05) is 7.11 Å². The number of ketones is 1. The van der Waals surface area contributed by atoms with Crippen LogP contribution in [0.25, 0.3) is 0 Å². The zero-order valence-corrected chi connectivity index (χ0v) is 20.9. The van der Waals surface area contributed by atoms with Gasteiger partial charge >= 0.3 is 5.97 Å². The van der Waals surface area contributed by atoms with E-state index in [0.29, 0.717) is 35.4 Å². The number of rotatable bonds is 6. The maximum absolute atomic E-state index is 15.1. The number of thiophene rings is 1. The van der Waals surface area contributed by atoms with Crippen LogP contribution in [0.4, 0.5) is 4.39 Å². The lowest BCUT2D eigenvalue weighted by atomic mass is 9.72.